The average molecular weight is 269 g/mol. The zero-order valence-electron chi connectivity index (χ0n) is 10.0. The first-order valence-electron chi connectivity index (χ1n) is 5.49. The number of hydrogen-bond acceptors (Lipinski definition) is 4. The first-order valence-corrected chi connectivity index (χ1v) is 6.37. The number of aliphatic carboxylic acids is 1. The number of carboxylic acid groups (broad SMARTS) is 1. The van der Waals surface area contributed by atoms with Crippen molar-refractivity contribution in [2.75, 3.05) is 19.8 Å². The summed E-state index contributed by atoms with van der Waals surface area (Å²) in [7, 11) is 0. The lowest BCUT2D eigenvalue weighted by atomic mass is 10.2. The molecular formula is C12H15NO4S. The number of carbonyl (C=O) groups excluding carboxylic acids is 1. The van der Waals surface area contributed by atoms with Gasteiger partial charge in [-0.3, -0.25) is 4.79 Å². The number of carbonyl (C=O) groups is 2. The predicted molar refractivity (Wildman–Crippen MR) is 69.8 cm³/mol. The van der Waals surface area contributed by atoms with Crippen molar-refractivity contribution in [2.24, 2.45) is 0 Å². The average Bonchev–Trinajstić information content (AvgIpc) is 2.80. The van der Waals surface area contributed by atoms with Crippen LogP contribution in [0.4, 0.5) is 0 Å². The molecule has 0 fully saturated rings. The third kappa shape index (κ3) is 4.68. The summed E-state index contributed by atoms with van der Waals surface area (Å²) in [6, 6.07) is 1.71. The van der Waals surface area contributed by atoms with Crippen LogP contribution in [0.15, 0.2) is 17.5 Å². The van der Waals surface area contributed by atoms with E-state index in [1.54, 1.807) is 11.4 Å². The lowest BCUT2D eigenvalue weighted by Crippen LogP contribution is -2.27. The molecule has 0 aromatic carbocycles. The van der Waals surface area contributed by atoms with Crippen LogP contribution in [0.25, 0.3) is 6.08 Å². The molecule has 1 amide bonds. The maximum atomic E-state index is 11.8. The standard InChI is InChI=1S/C12H15NO4S/c1-2-17-7-6-13-12(16)11-9(5-8-18-11)3-4-10(14)15/h3-5,8H,2,6-7H2,1H3,(H,13,16)(H,14,15). The van der Waals surface area contributed by atoms with Crippen LogP contribution >= 0.6 is 11.3 Å². The van der Waals surface area contributed by atoms with E-state index in [-0.39, 0.29) is 5.91 Å². The lowest BCUT2D eigenvalue weighted by Gasteiger charge is -2.04. The number of nitrogens with one attached hydrogen (secondary N) is 1. The minimum absolute atomic E-state index is 0.213. The van der Waals surface area contributed by atoms with Crippen molar-refractivity contribution < 1.29 is 19.4 Å². The van der Waals surface area contributed by atoms with Crippen LogP contribution in [-0.2, 0) is 9.53 Å². The molecule has 0 aliphatic rings. The third-order valence-corrected chi connectivity index (χ3v) is 2.97. The second-order valence-electron chi connectivity index (χ2n) is 3.33. The SMILES string of the molecule is CCOCCNC(=O)c1sccc1C=CC(=O)O. The van der Waals surface area contributed by atoms with E-state index < -0.39 is 5.97 Å². The maximum Gasteiger partial charge on any atom is 0.328 e. The normalized spacial score (nSPS) is 10.7. The van der Waals surface area contributed by atoms with Crippen LogP contribution in [-0.4, -0.2) is 36.7 Å². The van der Waals surface area contributed by atoms with E-state index in [0.717, 1.165) is 6.08 Å². The van der Waals surface area contributed by atoms with Gasteiger partial charge in [-0.25, -0.2) is 4.79 Å². The van der Waals surface area contributed by atoms with Gasteiger partial charge in [-0.05, 0) is 30.0 Å². The fraction of sp³-hybridized carbons (Fsp3) is 0.333. The molecule has 98 valence electrons. The van der Waals surface area contributed by atoms with Crippen LogP contribution in [0.2, 0.25) is 0 Å². The molecule has 1 rings (SSSR count). The van der Waals surface area contributed by atoms with E-state index >= 15 is 0 Å². The number of hydrogen-bond donors (Lipinski definition) is 2. The Morgan fingerprint density at radius 2 is 2.33 bits per heavy atom. The molecule has 6 heteroatoms. The number of amides is 1. The van der Waals surface area contributed by atoms with Crippen molar-refractivity contribution in [2.45, 2.75) is 6.92 Å². The van der Waals surface area contributed by atoms with E-state index in [9.17, 15) is 9.59 Å². The third-order valence-electron chi connectivity index (χ3n) is 2.04. The topological polar surface area (TPSA) is 75.6 Å². The van der Waals surface area contributed by atoms with Gasteiger partial charge in [-0.15, -0.1) is 11.3 Å². The molecular weight excluding hydrogens is 254 g/mol. The second-order valence-corrected chi connectivity index (χ2v) is 4.25. The smallest absolute Gasteiger partial charge is 0.328 e. The highest BCUT2D eigenvalue weighted by molar-refractivity contribution is 7.12. The van der Waals surface area contributed by atoms with Gasteiger partial charge in [0.05, 0.1) is 11.5 Å². The molecule has 0 bridgehead atoms. The Labute approximate surface area is 109 Å². The van der Waals surface area contributed by atoms with Crippen molar-refractivity contribution in [1.82, 2.24) is 5.32 Å². The summed E-state index contributed by atoms with van der Waals surface area (Å²) in [6.07, 6.45) is 2.43. The van der Waals surface area contributed by atoms with Crippen molar-refractivity contribution in [3.05, 3.63) is 28.0 Å². The van der Waals surface area contributed by atoms with Gasteiger partial charge in [0, 0.05) is 19.2 Å². The molecule has 0 saturated carbocycles. The molecule has 1 aromatic heterocycles. The molecule has 18 heavy (non-hydrogen) atoms. The fourth-order valence-corrected chi connectivity index (χ4v) is 2.06. The van der Waals surface area contributed by atoms with Crippen LogP contribution in [0.3, 0.4) is 0 Å². The summed E-state index contributed by atoms with van der Waals surface area (Å²) in [5.74, 6) is -1.25. The molecule has 1 heterocycles. The molecule has 5 nitrogen and oxygen atoms in total. The Morgan fingerprint density at radius 1 is 1.56 bits per heavy atom. The Balaban J connectivity index is 2.57. The first kappa shape index (κ1) is 14.4. The minimum atomic E-state index is -1.04. The van der Waals surface area contributed by atoms with Crippen LogP contribution in [0, 0.1) is 0 Å². The summed E-state index contributed by atoms with van der Waals surface area (Å²) < 4.78 is 5.11. The van der Waals surface area contributed by atoms with Gasteiger partial charge in [0.25, 0.3) is 5.91 Å². The van der Waals surface area contributed by atoms with Crippen LogP contribution in [0.5, 0.6) is 0 Å². The van der Waals surface area contributed by atoms with E-state index in [1.807, 2.05) is 6.92 Å². The predicted octanol–water partition coefficient (Wildman–Crippen LogP) is 1.61. The van der Waals surface area contributed by atoms with Gasteiger partial charge in [0.15, 0.2) is 0 Å². The van der Waals surface area contributed by atoms with Crippen molar-refractivity contribution in [3.8, 4) is 0 Å². The number of carboxylic acids is 1. The molecule has 1 aromatic rings. The Bertz CT molecular complexity index is 439. The van der Waals surface area contributed by atoms with Crippen LogP contribution < -0.4 is 5.32 Å². The van der Waals surface area contributed by atoms with E-state index in [4.69, 9.17) is 9.84 Å². The van der Waals surface area contributed by atoms with Gasteiger partial charge in [-0.2, -0.15) is 0 Å². The van der Waals surface area contributed by atoms with Gasteiger partial charge in [0.1, 0.15) is 0 Å². The highest BCUT2D eigenvalue weighted by Gasteiger charge is 2.10. The van der Waals surface area contributed by atoms with Gasteiger partial charge in [0.2, 0.25) is 0 Å². The number of rotatable bonds is 7. The molecule has 0 aliphatic heterocycles. The largest absolute Gasteiger partial charge is 0.478 e. The highest BCUT2D eigenvalue weighted by Crippen LogP contribution is 2.18. The lowest BCUT2D eigenvalue weighted by molar-refractivity contribution is -0.131. The molecule has 0 atom stereocenters. The zero-order valence-corrected chi connectivity index (χ0v) is 10.8. The van der Waals surface area contributed by atoms with Crippen molar-refractivity contribution in [3.63, 3.8) is 0 Å². The monoisotopic (exact) mass is 269 g/mol. The molecule has 0 aliphatic carbocycles. The summed E-state index contributed by atoms with van der Waals surface area (Å²) in [4.78, 5) is 22.7. The van der Waals surface area contributed by atoms with E-state index in [2.05, 4.69) is 5.32 Å². The maximum absolute atomic E-state index is 11.8. The Kier molecular flexibility index (Phi) is 6.10. The van der Waals surface area contributed by atoms with Gasteiger partial charge >= 0.3 is 5.97 Å². The highest BCUT2D eigenvalue weighted by atomic mass is 32.1. The second kappa shape index (κ2) is 7.62. The van der Waals surface area contributed by atoms with Crippen molar-refractivity contribution in [1.29, 1.82) is 0 Å². The summed E-state index contributed by atoms with van der Waals surface area (Å²) in [5, 5.41) is 13.0. The summed E-state index contributed by atoms with van der Waals surface area (Å²) >= 11 is 1.28. The fourth-order valence-electron chi connectivity index (χ4n) is 1.26. The Hall–Kier alpha value is -1.66. The van der Waals surface area contributed by atoms with Crippen LogP contribution in [0.1, 0.15) is 22.2 Å². The molecule has 0 radical (unpaired) electrons. The van der Waals surface area contributed by atoms with Gasteiger partial charge in [-0.1, -0.05) is 0 Å². The molecule has 0 unspecified atom stereocenters. The van der Waals surface area contributed by atoms with E-state index in [1.165, 1.54) is 17.4 Å². The molecule has 0 spiro atoms. The molecule has 2 N–H and O–H groups in total. The first-order chi connectivity index (χ1) is 8.65. The zero-order chi connectivity index (χ0) is 13.4. The quantitative estimate of drug-likeness (QED) is 0.582. The van der Waals surface area contributed by atoms with Gasteiger partial charge < -0.3 is 15.2 Å². The van der Waals surface area contributed by atoms with Crippen molar-refractivity contribution >= 4 is 29.3 Å². The van der Waals surface area contributed by atoms with E-state index in [0.29, 0.717) is 30.2 Å². The summed E-state index contributed by atoms with van der Waals surface area (Å²) in [6.45, 7) is 3.40. The minimum Gasteiger partial charge on any atom is -0.478 e. The Morgan fingerprint density at radius 3 is 3.00 bits per heavy atom. The number of ether oxygens (including phenoxy) is 1. The number of thiophene rings is 1. The summed E-state index contributed by atoms with van der Waals surface area (Å²) in [5.41, 5.74) is 0.608. The molecule has 0 saturated heterocycles.